The molecular formula is C20H24ClN3O4. The van der Waals surface area contributed by atoms with E-state index in [1.807, 2.05) is 6.92 Å². The summed E-state index contributed by atoms with van der Waals surface area (Å²) in [6.45, 7) is 3.90. The summed E-state index contributed by atoms with van der Waals surface area (Å²) in [5.74, 6) is -0.151. The van der Waals surface area contributed by atoms with Crippen molar-refractivity contribution in [3.8, 4) is 5.88 Å². The molecule has 1 aromatic heterocycles. The van der Waals surface area contributed by atoms with E-state index in [4.69, 9.17) is 11.6 Å². The number of aromatic hydroxyl groups is 1. The molecule has 2 rings (SSSR count). The van der Waals surface area contributed by atoms with E-state index >= 15 is 0 Å². The standard InChI is InChI=1S/C20H24ClN3O4/c1-3-4-11-23-18(26)17(19(27)24(20(23)28)12-5-10-21)13-22-16-8-6-15(7-9-16)14(2)25/h6-9,13,27H,3-5,10-12H2,1-2H3. The number of rotatable bonds is 9. The van der Waals surface area contributed by atoms with Crippen LogP contribution < -0.4 is 11.2 Å². The minimum Gasteiger partial charge on any atom is -0.494 e. The van der Waals surface area contributed by atoms with Crippen molar-refractivity contribution in [2.24, 2.45) is 4.99 Å². The number of ketones is 1. The molecule has 1 heterocycles. The van der Waals surface area contributed by atoms with Gasteiger partial charge in [-0.3, -0.25) is 23.7 Å². The lowest BCUT2D eigenvalue weighted by molar-refractivity contribution is 0.101. The zero-order valence-corrected chi connectivity index (χ0v) is 16.8. The van der Waals surface area contributed by atoms with Crippen molar-refractivity contribution in [1.82, 2.24) is 9.13 Å². The number of halogens is 1. The number of aliphatic imine (C=N–C) groups is 1. The number of carbonyl (C=O) groups excluding carboxylic acids is 1. The van der Waals surface area contributed by atoms with Crippen molar-refractivity contribution >= 4 is 29.3 Å². The van der Waals surface area contributed by atoms with Crippen LogP contribution in [0.4, 0.5) is 5.69 Å². The molecule has 0 saturated carbocycles. The molecule has 0 aliphatic heterocycles. The van der Waals surface area contributed by atoms with Crippen LogP contribution >= 0.6 is 11.6 Å². The van der Waals surface area contributed by atoms with Crippen LogP contribution in [0, 0.1) is 0 Å². The van der Waals surface area contributed by atoms with Crippen LogP contribution in [-0.4, -0.2) is 32.1 Å². The molecule has 28 heavy (non-hydrogen) atoms. The fourth-order valence-electron chi connectivity index (χ4n) is 2.68. The van der Waals surface area contributed by atoms with Crippen molar-refractivity contribution in [2.45, 2.75) is 46.2 Å². The highest BCUT2D eigenvalue weighted by Gasteiger charge is 2.17. The maximum Gasteiger partial charge on any atom is 0.333 e. The lowest BCUT2D eigenvalue weighted by Gasteiger charge is -2.13. The van der Waals surface area contributed by atoms with Crippen molar-refractivity contribution < 1.29 is 9.90 Å². The highest BCUT2D eigenvalue weighted by Crippen LogP contribution is 2.15. The van der Waals surface area contributed by atoms with E-state index in [1.54, 1.807) is 24.3 Å². The van der Waals surface area contributed by atoms with Crippen LogP contribution in [0.3, 0.4) is 0 Å². The van der Waals surface area contributed by atoms with E-state index in [0.717, 1.165) is 15.6 Å². The van der Waals surface area contributed by atoms with Gasteiger partial charge in [-0.2, -0.15) is 0 Å². The molecule has 7 nitrogen and oxygen atoms in total. The average molecular weight is 406 g/mol. The molecule has 0 unspecified atom stereocenters. The molecule has 150 valence electrons. The van der Waals surface area contributed by atoms with Crippen LogP contribution in [0.25, 0.3) is 0 Å². The number of unbranched alkanes of at least 4 members (excludes halogenated alkanes) is 1. The van der Waals surface area contributed by atoms with Crippen molar-refractivity contribution in [3.05, 3.63) is 56.2 Å². The maximum atomic E-state index is 12.7. The Morgan fingerprint density at radius 2 is 1.79 bits per heavy atom. The minimum absolute atomic E-state index is 0.0547. The average Bonchev–Trinajstić information content (AvgIpc) is 2.68. The Bertz CT molecular complexity index is 975. The van der Waals surface area contributed by atoms with Crippen LogP contribution in [0.2, 0.25) is 0 Å². The van der Waals surface area contributed by atoms with Gasteiger partial charge in [-0.05, 0) is 44.0 Å². The summed E-state index contributed by atoms with van der Waals surface area (Å²) in [7, 11) is 0. The van der Waals surface area contributed by atoms with E-state index in [1.165, 1.54) is 13.1 Å². The van der Waals surface area contributed by atoms with Gasteiger partial charge < -0.3 is 5.11 Å². The summed E-state index contributed by atoms with van der Waals surface area (Å²) < 4.78 is 2.28. The van der Waals surface area contributed by atoms with Crippen molar-refractivity contribution in [1.29, 1.82) is 0 Å². The summed E-state index contributed by atoms with van der Waals surface area (Å²) in [5.41, 5.74) is -0.118. The molecule has 1 aromatic carbocycles. The van der Waals surface area contributed by atoms with Crippen molar-refractivity contribution in [2.75, 3.05) is 5.88 Å². The molecule has 2 aromatic rings. The number of carbonyl (C=O) groups is 1. The molecular weight excluding hydrogens is 382 g/mol. The van der Waals surface area contributed by atoms with E-state index in [-0.39, 0.29) is 24.4 Å². The third-order valence-electron chi connectivity index (χ3n) is 4.30. The number of Topliss-reactive ketones (excluding diaryl/α,β-unsaturated/α-hetero) is 1. The van der Waals surface area contributed by atoms with Crippen LogP contribution in [0.1, 0.15) is 49.0 Å². The molecule has 0 aliphatic carbocycles. The molecule has 0 atom stereocenters. The summed E-state index contributed by atoms with van der Waals surface area (Å²) >= 11 is 5.71. The fourth-order valence-corrected chi connectivity index (χ4v) is 2.80. The van der Waals surface area contributed by atoms with Crippen LogP contribution in [0.15, 0.2) is 38.8 Å². The molecule has 0 saturated heterocycles. The first-order valence-corrected chi connectivity index (χ1v) is 9.71. The number of hydrogen-bond acceptors (Lipinski definition) is 5. The Labute approximate surface area is 167 Å². The second kappa shape index (κ2) is 10.0. The van der Waals surface area contributed by atoms with Crippen LogP contribution in [0.5, 0.6) is 5.88 Å². The normalized spacial score (nSPS) is 11.2. The first-order valence-electron chi connectivity index (χ1n) is 9.18. The third kappa shape index (κ3) is 4.98. The van der Waals surface area contributed by atoms with E-state index in [9.17, 15) is 19.5 Å². The smallest absolute Gasteiger partial charge is 0.333 e. The molecule has 0 radical (unpaired) electrons. The van der Waals surface area contributed by atoms with Gasteiger partial charge in [0, 0.05) is 30.7 Å². The predicted molar refractivity (Wildman–Crippen MR) is 111 cm³/mol. The van der Waals surface area contributed by atoms with E-state index < -0.39 is 17.1 Å². The second-order valence-electron chi connectivity index (χ2n) is 6.39. The number of benzene rings is 1. The largest absolute Gasteiger partial charge is 0.494 e. The molecule has 8 heteroatoms. The third-order valence-corrected chi connectivity index (χ3v) is 4.57. The number of alkyl halides is 1. The van der Waals surface area contributed by atoms with Gasteiger partial charge in [0.05, 0.1) is 5.69 Å². The number of hydrogen-bond donors (Lipinski definition) is 1. The molecule has 0 bridgehead atoms. The Kier molecular flexibility index (Phi) is 7.75. The maximum absolute atomic E-state index is 12.7. The van der Waals surface area contributed by atoms with Gasteiger partial charge >= 0.3 is 5.69 Å². The Balaban J connectivity index is 2.50. The first-order chi connectivity index (χ1) is 13.4. The summed E-state index contributed by atoms with van der Waals surface area (Å²) in [5, 5.41) is 10.5. The van der Waals surface area contributed by atoms with E-state index in [2.05, 4.69) is 4.99 Å². The van der Waals surface area contributed by atoms with Gasteiger partial charge in [-0.25, -0.2) is 4.79 Å². The first kappa shape index (κ1) is 21.6. The monoisotopic (exact) mass is 405 g/mol. The summed E-state index contributed by atoms with van der Waals surface area (Å²) in [6, 6.07) is 6.55. The van der Waals surface area contributed by atoms with E-state index in [0.29, 0.717) is 30.0 Å². The van der Waals surface area contributed by atoms with Gasteiger partial charge in [0.1, 0.15) is 5.56 Å². The highest BCUT2D eigenvalue weighted by molar-refractivity contribution is 6.17. The SMILES string of the molecule is CCCCn1c(=O)c(C=Nc2ccc(C(C)=O)cc2)c(O)n(CCCCl)c1=O. The second-order valence-corrected chi connectivity index (χ2v) is 6.76. The summed E-state index contributed by atoms with van der Waals surface area (Å²) in [4.78, 5) is 40.9. The van der Waals surface area contributed by atoms with Gasteiger partial charge in [0.2, 0.25) is 5.88 Å². The predicted octanol–water partition coefficient (Wildman–Crippen LogP) is 3.10. The van der Waals surface area contributed by atoms with Crippen molar-refractivity contribution in [3.63, 3.8) is 0 Å². The lowest BCUT2D eigenvalue weighted by Crippen LogP contribution is -2.41. The zero-order valence-electron chi connectivity index (χ0n) is 16.0. The van der Waals surface area contributed by atoms with Gasteiger partial charge in [-0.15, -0.1) is 11.6 Å². The number of aromatic nitrogens is 2. The van der Waals surface area contributed by atoms with Gasteiger partial charge in [-0.1, -0.05) is 13.3 Å². The molecule has 0 fully saturated rings. The van der Waals surface area contributed by atoms with Gasteiger partial charge in [0.25, 0.3) is 5.56 Å². The quantitative estimate of drug-likeness (QED) is 0.394. The molecule has 1 N–H and O–H groups in total. The number of nitrogens with zero attached hydrogens (tertiary/aromatic N) is 3. The fraction of sp³-hybridized carbons (Fsp3) is 0.400. The Morgan fingerprint density at radius 1 is 1.14 bits per heavy atom. The Morgan fingerprint density at radius 3 is 2.36 bits per heavy atom. The molecule has 0 spiro atoms. The summed E-state index contributed by atoms with van der Waals surface area (Å²) in [6.07, 6.45) is 3.21. The van der Waals surface area contributed by atoms with Gasteiger partial charge in [0.15, 0.2) is 5.78 Å². The topological polar surface area (TPSA) is 93.7 Å². The Hall–Kier alpha value is -2.67. The highest BCUT2D eigenvalue weighted by atomic mass is 35.5. The molecule has 0 amide bonds. The molecule has 0 aliphatic rings. The minimum atomic E-state index is -0.581. The zero-order chi connectivity index (χ0) is 20.7. The lowest BCUT2D eigenvalue weighted by atomic mass is 10.1. The van der Waals surface area contributed by atoms with Crippen LogP contribution in [-0.2, 0) is 13.1 Å².